The van der Waals surface area contributed by atoms with Crippen molar-refractivity contribution in [2.24, 2.45) is 0 Å². The maximum atomic E-state index is 11.1. The Balaban J connectivity index is 2.77. The molecular formula is C6H10N2O2S2. The number of hydrogen-bond donors (Lipinski definition) is 1. The quantitative estimate of drug-likeness (QED) is 0.788. The molecule has 1 rings (SSSR count). The minimum absolute atomic E-state index is 0.00278. The third-order valence-electron chi connectivity index (χ3n) is 1.38. The Morgan fingerprint density at radius 3 is 2.75 bits per heavy atom. The van der Waals surface area contributed by atoms with Gasteiger partial charge >= 0.3 is 0 Å². The second kappa shape index (κ2) is 3.40. The van der Waals surface area contributed by atoms with Gasteiger partial charge in [-0.1, -0.05) is 6.92 Å². The van der Waals surface area contributed by atoms with Crippen molar-refractivity contribution < 1.29 is 8.42 Å². The van der Waals surface area contributed by atoms with Crippen LogP contribution in [0.5, 0.6) is 0 Å². The lowest BCUT2D eigenvalue weighted by molar-refractivity contribution is 0.596. The number of anilines is 1. The lowest BCUT2D eigenvalue weighted by Gasteiger charge is -1.95. The molecule has 2 N–H and O–H groups in total. The highest BCUT2D eigenvalue weighted by Gasteiger charge is 2.10. The van der Waals surface area contributed by atoms with E-state index in [9.17, 15) is 8.42 Å². The normalized spacial score (nSPS) is 11.8. The molecule has 0 bridgehead atoms. The molecule has 0 saturated carbocycles. The van der Waals surface area contributed by atoms with Gasteiger partial charge in [-0.25, -0.2) is 8.42 Å². The molecule has 12 heavy (non-hydrogen) atoms. The Hall–Kier alpha value is -0.620. The molecule has 4 nitrogen and oxygen atoms in total. The first kappa shape index (κ1) is 9.47. The van der Waals surface area contributed by atoms with Crippen molar-refractivity contribution in [2.45, 2.75) is 12.7 Å². The van der Waals surface area contributed by atoms with Gasteiger partial charge in [0.25, 0.3) is 0 Å². The van der Waals surface area contributed by atoms with Gasteiger partial charge in [0.1, 0.15) is 5.00 Å². The predicted molar refractivity (Wildman–Crippen MR) is 49.7 cm³/mol. The summed E-state index contributed by atoms with van der Waals surface area (Å²) < 4.78 is 26.1. The van der Waals surface area contributed by atoms with E-state index in [-0.39, 0.29) is 11.5 Å². The Morgan fingerprint density at radius 1 is 1.67 bits per heavy atom. The van der Waals surface area contributed by atoms with Crippen molar-refractivity contribution in [3.05, 3.63) is 11.8 Å². The molecule has 0 fully saturated rings. The van der Waals surface area contributed by atoms with E-state index in [1.807, 2.05) is 0 Å². The standard InChI is InChI=1S/C6H10N2O2S2/c1-2-12(9,10)4-5-3-6(7)11-8-5/h3H,2,4,7H2,1H3. The fourth-order valence-electron chi connectivity index (χ4n) is 0.724. The molecule has 0 aliphatic carbocycles. The van der Waals surface area contributed by atoms with E-state index in [0.29, 0.717) is 10.7 Å². The van der Waals surface area contributed by atoms with E-state index in [4.69, 9.17) is 5.73 Å². The van der Waals surface area contributed by atoms with Gasteiger partial charge in [-0.05, 0) is 17.6 Å². The molecule has 0 amide bonds. The van der Waals surface area contributed by atoms with Gasteiger partial charge in [0.05, 0.1) is 11.4 Å². The zero-order valence-electron chi connectivity index (χ0n) is 6.65. The van der Waals surface area contributed by atoms with Crippen LogP contribution in [0.4, 0.5) is 5.00 Å². The van der Waals surface area contributed by atoms with E-state index < -0.39 is 9.84 Å². The van der Waals surface area contributed by atoms with Crippen molar-refractivity contribution in [1.82, 2.24) is 4.37 Å². The predicted octanol–water partition coefficient (Wildman–Crippen LogP) is 0.660. The zero-order valence-corrected chi connectivity index (χ0v) is 8.28. The highest BCUT2D eigenvalue weighted by Crippen LogP contribution is 2.13. The summed E-state index contributed by atoms with van der Waals surface area (Å²) in [5, 5.41) is 0.552. The van der Waals surface area contributed by atoms with Crippen LogP contribution in [0, 0.1) is 0 Å². The molecule has 0 aliphatic heterocycles. The zero-order chi connectivity index (χ0) is 9.19. The Morgan fingerprint density at radius 2 is 2.33 bits per heavy atom. The number of nitrogens with two attached hydrogens (primary N) is 1. The van der Waals surface area contributed by atoms with Crippen LogP contribution in [0.15, 0.2) is 6.07 Å². The molecule has 0 aromatic carbocycles. The van der Waals surface area contributed by atoms with Crippen LogP contribution in [-0.2, 0) is 15.6 Å². The molecule has 68 valence electrons. The van der Waals surface area contributed by atoms with Gasteiger partial charge in [0, 0.05) is 5.75 Å². The van der Waals surface area contributed by atoms with E-state index in [1.165, 1.54) is 0 Å². The summed E-state index contributed by atoms with van der Waals surface area (Å²) in [6, 6.07) is 1.60. The minimum Gasteiger partial charge on any atom is -0.389 e. The Labute approximate surface area is 75.5 Å². The van der Waals surface area contributed by atoms with Crippen LogP contribution in [0.25, 0.3) is 0 Å². The molecule has 0 aliphatic rings. The summed E-state index contributed by atoms with van der Waals surface area (Å²) in [6.07, 6.45) is 0. The topological polar surface area (TPSA) is 73.0 Å². The fraction of sp³-hybridized carbons (Fsp3) is 0.500. The van der Waals surface area contributed by atoms with E-state index in [2.05, 4.69) is 4.37 Å². The number of nitrogen functional groups attached to an aromatic ring is 1. The summed E-state index contributed by atoms with van der Waals surface area (Å²) in [7, 11) is -2.97. The summed E-state index contributed by atoms with van der Waals surface area (Å²) in [5.74, 6) is 0.141. The van der Waals surface area contributed by atoms with Crippen LogP contribution in [0.1, 0.15) is 12.6 Å². The van der Waals surface area contributed by atoms with Crippen LogP contribution in [0.3, 0.4) is 0 Å². The number of nitrogens with zero attached hydrogens (tertiary/aromatic N) is 1. The van der Waals surface area contributed by atoms with Gasteiger partial charge in [-0.15, -0.1) is 0 Å². The first-order chi connectivity index (χ1) is 5.53. The third kappa shape index (κ3) is 2.46. The average Bonchev–Trinajstić information content (AvgIpc) is 2.35. The van der Waals surface area contributed by atoms with Crippen molar-refractivity contribution in [2.75, 3.05) is 11.5 Å². The molecule has 0 spiro atoms. The van der Waals surface area contributed by atoms with Gasteiger partial charge < -0.3 is 5.73 Å². The number of rotatable bonds is 3. The van der Waals surface area contributed by atoms with Gasteiger partial charge in [-0.3, -0.25) is 0 Å². The van der Waals surface area contributed by atoms with Crippen LogP contribution >= 0.6 is 11.5 Å². The molecule has 6 heteroatoms. The van der Waals surface area contributed by atoms with E-state index in [0.717, 1.165) is 11.5 Å². The average molecular weight is 206 g/mol. The molecule has 0 atom stereocenters. The molecule has 1 aromatic rings. The first-order valence-corrected chi connectivity index (χ1v) is 6.04. The number of hydrogen-bond acceptors (Lipinski definition) is 5. The smallest absolute Gasteiger partial charge is 0.155 e. The number of sulfone groups is 1. The second-order valence-corrected chi connectivity index (χ2v) is 5.59. The number of aromatic nitrogens is 1. The largest absolute Gasteiger partial charge is 0.389 e. The minimum atomic E-state index is -2.97. The monoisotopic (exact) mass is 206 g/mol. The molecular weight excluding hydrogens is 196 g/mol. The van der Waals surface area contributed by atoms with E-state index in [1.54, 1.807) is 13.0 Å². The molecule has 1 aromatic heterocycles. The molecule has 1 heterocycles. The Bertz CT molecular complexity index is 355. The van der Waals surface area contributed by atoms with Crippen molar-refractivity contribution in [3.63, 3.8) is 0 Å². The summed E-state index contributed by atoms with van der Waals surface area (Å²) in [6.45, 7) is 1.62. The third-order valence-corrected chi connectivity index (χ3v) is 3.65. The lowest BCUT2D eigenvalue weighted by Crippen LogP contribution is -2.06. The van der Waals surface area contributed by atoms with Crippen molar-refractivity contribution in [3.8, 4) is 0 Å². The summed E-state index contributed by atoms with van der Waals surface area (Å²) in [5.41, 5.74) is 5.94. The lowest BCUT2D eigenvalue weighted by atomic mass is 10.5. The highest BCUT2D eigenvalue weighted by atomic mass is 32.2. The van der Waals surface area contributed by atoms with Gasteiger partial charge in [0.2, 0.25) is 0 Å². The van der Waals surface area contributed by atoms with Crippen LogP contribution < -0.4 is 5.73 Å². The fourth-order valence-corrected chi connectivity index (χ4v) is 2.14. The Kier molecular flexibility index (Phi) is 2.69. The summed E-state index contributed by atoms with van der Waals surface area (Å²) in [4.78, 5) is 0. The van der Waals surface area contributed by atoms with Crippen molar-refractivity contribution in [1.29, 1.82) is 0 Å². The highest BCUT2D eigenvalue weighted by molar-refractivity contribution is 7.90. The molecule has 0 radical (unpaired) electrons. The first-order valence-electron chi connectivity index (χ1n) is 3.45. The SMILES string of the molecule is CCS(=O)(=O)Cc1cc(N)sn1. The summed E-state index contributed by atoms with van der Waals surface area (Å²) >= 11 is 1.12. The van der Waals surface area contributed by atoms with Crippen LogP contribution in [0.2, 0.25) is 0 Å². The van der Waals surface area contributed by atoms with Crippen LogP contribution in [-0.4, -0.2) is 18.5 Å². The van der Waals surface area contributed by atoms with Gasteiger partial charge in [-0.2, -0.15) is 4.37 Å². The second-order valence-electron chi connectivity index (χ2n) is 2.40. The van der Waals surface area contributed by atoms with Gasteiger partial charge in [0.15, 0.2) is 9.84 Å². The maximum Gasteiger partial charge on any atom is 0.155 e. The van der Waals surface area contributed by atoms with E-state index >= 15 is 0 Å². The molecule has 0 saturated heterocycles. The molecule has 0 unspecified atom stereocenters. The maximum absolute atomic E-state index is 11.1. The van der Waals surface area contributed by atoms with Crippen molar-refractivity contribution >= 4 is 26.4 Å².